The van der Waals surface area contributed by atoms with E-state index >= 15 is 0 Å². The van der Waals surface area contributed by atoms with Gasteiger partial charge < -0.3 is 9.47 Å². The van der Waals surface area contributed by atoms with Gasteiger partial charge in [-0.15, -0.1) is 0 Å². The van der Waals surface area contributed by atoms with Crippen LogP contribution in [0.15, 0.2) is 0 Å². The molecule has 3 heteroatoms. The zero-order chi connectivity index (χ0) is 10.3. The molecular weight excluding hydrogens is 168 g/mol. The molecule has 3 nitrogen and oxygen atoms in total. The maximum Gasteiger partial charge on any atom is 0.311 e. The Labute approximate surface area is 79.4 Å². The molecule has 0 saturated carbocycles. The molecule has 0 amide bonds. The van der Waals surface area contributed by atoms with E-state index < -0.39 is 5.60 Å². The number of ether oxygens (including phenoxy) is 2. The molecule has 76 valence electrons. The summed E-state index contributed by atoms with van der Waals surface area (Å²) in [6, 6.07) is 0. The summed E-state index contributed by atoms with van der Waals surface area (Å²) in [5.74, 6) is -0.317. The lowest BCUT2D eigenvalue weighted by molar-refractivity contribution is -0.151. The standard InChI is InChI=1S/C10H18O3/c1-9(2)6-7(8(11)12-5)10(3,4)13-9/h7H,6H2,1-5H3. The third-order valence-corrected chi connectivity index (χ3v) is 2.56. The van der Waals surface area contributed by atoms with Crippen molar-refractivity contribution in [3.8, 4) is 0 Å². The van der Waals surface area contributed by atoms with E-state index in [-0.39, 0.29) is 17.5 Å². The second-order valence-corrected chi connectivity index (χ2v) is 4.75. The van der Waals surface area contributed by atoms with Crippen LogP contribution in [-0.4, -0.2) is 24.3 Å². The Morgan fingerprint density at radius 2 is 1.92 bits per heavy atom. The molecule has 1 saturated heterocycles. The molecule has 13 heavy (non-hydrogen) atoms. The smallest absolute Gasteiger partial charge is 0.311 e. The van der Waals surface area contributed by atoms with Gasteiger partial charge in [0.05, 0.1) is 24.2 Å². The minimum atomic E-state index is -0.406. The van der Waals surface area contributed by atoms with Crippen LogP contribution < -0.4 is 0 Å². The molecule has 1 aliphatic heterocycles. The van der Waals surface area contributed by atoms with Gasteiger partial charge in [-0.05, 0) is 34.1 Å². The third-order valence-electron chi connectivity index (χ3n) is 2.56. The summed E-state index contributed by atoms with van der Waals surface area (Å²) in [5, 5.41) is 0. The Bertz CT molecular complexity index is 218. The highest BCUT2D eigenvalue weighted by molar-refractivity contribution is 5.74. The Kier molecular flexibility index (Phi) is 2.41. The van der Waals surface area contributed by atoms with Crippen molar-refractivity contribution in [1.29, 1.82) is 0 Å². The van der Waals surface area contributed by atoms with Crippen molar-refractivity contribution < 1.29 is 14.3 Å². The average molecular weight is 186 g/mol. The molecule has 0 aliphatic carbocycles. The largest absolute Gasteiger partial charge is 0.469 e. The van der Waals surface area contributed by atoms with Crippen LogP contribution in [0, 0.1) is 5.92 Å². The van der Waals surface area contributed by atoms with Crippen LogP contribution in [-0.2, 0) is 14.3 Å². The molecule has 0 spiro atoms. The van der Waals surface area contributed by atoms with Gasteiger partial charge in [-0.3, -0.25) is 4.79 Å². The van der Waals surface area contributed by atoms with Crippen LogP contribution in [0.2, 0.25) is 0 Å². The minimum Gasteiger partial charge on any atom is -0.469 e. The predicted octanol–water partition coefficient (Wildman–Crippen LogP) is 1.75. The van der Waals surface area contributed by atoms with Gasteiger partial charge in [0.1, 0.15) is 0 Å². The van der Waals surface area contributed by atoms with E-state index in [1.807, 2.05) is 27.7 Å². The molecule has 0 aromatic heterocycles. The summed E-state index contributed by atoms with van der Waals surface area (Å²) < 4.78 is 10.5. The second kappa shape index (κ2) is 2.98. The SMILES string of the molecule is COC(=O)C1CC(C)(C)OC1(C)C. The van der Waals surface area contributed by atoms with Crippen molar-refractivity contribution in [2.75, 3.05) is 7.11 Å². The van der Waals surface area contributed by atoms with E-state index in [2.05, 4.69) is 0 Å². The lowest BCUT2D eigenvalue weighted by Crippen LogP contribution is -2.34. The van der Waals surface area contributed by atoms with Gasteiger partial charge in [0.2, 0.25) is 0 Å². The number of hydrogen-bond acceptors (Lipinski definition) is 3. The molecule has 1 heterocycles. The molecule has 1 rings (SSSR count). The first-order valence-corrected chi connectivity index (χ1v) is 4.56. The van der Waals surface area contributed by atoms with Gasteiger partial charge in [0.15, 0.2) is 0 Å². The molecule has 1 fully saturated rings. The molecule has 1 unspecified atom stereocenters. The molecule has 0 radical (unpaired) electrons. The van der Waals surface area contributed by atoms with Crippen molar-refractivity contribution in [2.24, 2.45) is 5.92 Å². The number of carbonyl (C=O) groups is 1. The highest BCUT2D eigenvalue weighted by Crippen LogP contribution is 2.42. The molecular formula is C10H18O3. The van der Waals surface area contributed by atoms with Crippen molar-refractivity contribution in [3.63, 3.8) is 0 Å². The van der Waals surface area contributed by atoms with Gasteiger partial charge in [-0.1, -0.05) is 0 Å². The zero-order valence-corrected chi connectivity index (χ0v) is 9.01. The monoisotopic (exact) mass is 186 g/mol. The van der Waals surface area contributed by atoms with Crippen LogP contribution >= 0.6 is 0 Å². The molecule has 1 aliphatic rings. The average Bonchev–Trinajstić information content (AvgIpc) is 2.17. The van der Waals surface area contributed by atoms with Crippen molar-refractivity contribution in [2.45, 2.75) is 45.3 Å². The summed E-state index contributed by atoms with van der Waals surface area (Å²) >= 11 is 0. The topological polar surface area (TPSA) is 35.5 Å². The number of methoxy groups -OCH3 is 1. The van der Waals surface area contributed by atoms with E-state index in [0.29, 0.717) is 0 Å². The van der Waals surface area contributed by atoms with Gasteiger partial charge in [0.25, 0.3) is 0 Å². The summed E-state index contributed by atoms with van der Waals surface area (Å²) in [5.41, 5.74) is -0.626. The van der Waals surface area contributed by atoms with E-state index in [1.165, 1.54) is 7.11 Å². The first-order chi connectivity index (χ1) is 5.78. The van der Waals surface area contributed by atoms with Crippen molar-refractivity contribution >= 4 is 5.97 Å². The van der Waals surface area contributed by atoms with Gasteiger partial charge in [-0.2, -0.15) is 0 Å². The number of rotatable bonds is 1. The number of esters is 1. The van der Waals surface area contributed by atoms with Gasteiger partial charge >= 0.3 is 5.97 Å². The van der Waals surface area contributed by atoms with E-state index in [9.17, 15) is 4.79 Å². The zero-order valence-electron chi connectivity index (χ0n) is 9.01. The highest BCUT2D eigenvalue weighted by atomic mass is 16.5. The predicted molar refractivity (Wildman–Crippen MR) is 49.4 cm³/mol. The molecule has 1 atom stereocenters. The number of carbonyl (C=O) groups excluding carboxylic acids is 1. The van der Waals surface area contributed by atoms with Gasteiger partial charge in [-0.25, -0.2) is 0 Å². The fraction of sp³-hybridized carbons (Fsp3) is 0.900. The maximum absolute atomic E-state index is 11.4. The Hall–Kier alpha value is -0.570. The highest BCUT2D eigenvalue weighted by Gasteiger charge is 2.49. The van der Waals surface area contributed by atoms with E-state index in [0.717, 1.165) is 6.42 Å². The van der Waals surface area contributed by atoms with E-state index in [4.69, 9.17) is 9.47 Å². The molecule has 0 aromatic rings. The lowest BCUT2D eigenvalue weighted by atomic mass is 9.87. The fourth-order valence-electron chi connectivity index (χ4n) is 2.07. The first-order valence-electron chi connectivity index (χ1n) is 4.56. The Morgan fingerprint density at radius 1 is 1.38 bits per heavy atom. The van der Waals surface area contributed by atoms with Crippen LogP contribution in [0.4, 0.5) is 0 Å². The third kappa shape index (κ3) is 2.02. The van der Waals surface area contributed by atoms with Crippen molar-refractivity contribution in [3.05, 3.63) is 0 Å². The van der Waals surface area contributed by atoms with Crippen LogP contribution in [0.5, 0.6) is 0 Å². The molecule has 0 aromatic carbocycles. The number of hydrogen-bond donors (Lipinski definition) is 0. The van der Waals surface area contributed by atoms with Gasteiger partial charge in [0, 0.05) is 0 Å². The normalized spacial score (nSPS) is 30.1. The maximum atomic E-state index is 11.4. The fourth-order valence-corrected chi connectivity index (χ4v) is 2.07. The van der Waals surface area contributed by atoms with Crippen molar-refractivity contribution in [1.82, 2.24) is 0 Å². The summed E-state index contributed by atoms with van der Waals surface area (Å²) in [6.07, 6.45) is 0.729. The summed E-state index contributed by atoms with van der Waals surface area (Å²) in [6.45, 7) is 7.86. The first kappa shape index (κ1) is 10.5. The van der Waals surface area contributed by atoms with Crippen LogP contribution in [0.1, 0.15) is 34.1 Å². The molecule has 0 N–H and O–H groups in total. The Balaban J connectivity index is 2.82. The summed E-state index contributed by atoms with van der Waals surface area (Å²) in [7, 11) is 1.42. The second-order valence-electron chi connectivity index (χ2n) is 4.75. The van der Waals surface area contributed by atoms with Crippen LogP contribution in [0.3, 0.4) is 0 Å². The lowest BCUT2D eigenvalue weighted by Gasteiger charge is -2.25. The summed E-state index contributed by atoms with van der Waals surface area (Å²) in [4.78, 5) is 11.4. The quantitative estimate of drug-likeness (QED) is 0.585. The molecule has 0 bridgehead atoms. The minimum absolute atomic E-state index is 0.146. The van der Waals surface area contributed by atoms with Crippen LogP contribution in [0.25, 0.3) is 0 Å². The Morgan fingerprint density at radius 3 is 2.23 bits per heavy atom. The van der Waals surface area contributed by atoms with E-state index in [1.54, 1.807) is 0 Å².